The first-order valence-electron chi connectivity index (χ1n) is 14.3. The second-order valence-electron chi connectivity index (χ2n) is 9.87. The Balaban J connectivity index is 3.10. The zero-order valence-electron chi connectivity index (χ0n) is 24.5. The molecule has 0 N–H and O–H groups in total. The third-order valence-electron chi connectivity index (χ3n) is 5.07. The lowest BCUT2D eigenvalue weighted by molar-refractivity contribution is -0.160. The molecule has 0 saturated heterocycles. The van der Waals surface area contributed by atoms with Gasteiger partial charge in [-0.3, -0.25) is 0 Å². The first-order chi connectivity index (χ1) is 18.5. The summed E-state index contributed by atoms with van der Waals surface area (Å²) in [6, 6.07) is 0. The van der Waals surface area contributed by atoms with Crippen molar-refractivity contribution in [3.63, 3.8) is 0 Å². The van der Waals surface area contributed by atoms with Crippen LogP contribution in [0.1, 0.15) is 72.1 Å². The standard InChI is InChI=1S/C29H56O9/c1-5-6-7-8-9-10-11-12-13-14-31-15-16-32-17-18-33-19-20-34-21-22-35-23-24-36-25-26-37-27-28(30)38-29(2,3)4/h5H,1,6-27H2,2-4H3. The van der Waals surface area contributed by atoms with Gasteiger partial charge in [0.1, 0.15) is 12.2 Å². The number of carbonyl (C=O) groups is 1. The Morgan fingerprint density at radius 1 is 0.526 bits per heavy atom. The van der Waals surface area contributed by atoms with Crippen LogP contribution in [0.15, 0.2) is 12.7 Å². The molecule has 9 heteroatoms. The number of hydrogen-bond acceptors (Lipinski definition) is 9. The number of hydrogen-bond donors (Lipinski definition) is 0. The van der Waals surface area contributed by atoms with Gasteiger partial charge in [0, 0.05) is 6.61 Å². The average Bonchev–Trinajstić information content (AvgIpc) is 2.86. The minimum absolute atomic E-state index is 0.0714. The Hall–Kier alpha value is -1.07. The molecule has 0 aromatic heterocycles. The van der Waals surface area contributed by atoms with Gasteiger partial charge in [0.2, 0.25) is 0 Å². The second-order valence-corrected chi connectivity index (χ2v) is 9.87. The molecule has 0 atom stereocenters. The maximum absolute atomic E-state index is 11.5. The Kier molecular flexibility index (Phi) is 28.1. The monoisotopic (exact) mass is 548 g/mol. The third-order valence-corrected chi connectivity index (χ3v) is 5.07. The molecule has 9 nitrogen and oxygen atoms in total. The molecule has 0 aliphatic carbocycles. The maximum atomic E-state index is 11.5. The van der Waals surface area contributed by atoms with E-state index in [0.29, 0.717) is 79.3 Å². The van der Waals surface area contributed by atoms with Crippen LogP contribution in [0.3, 0.4) is 0 Å². The molecule has 0 saturated carbocycles. The molecular formula is C29H56O9. The molecular weight excluding hydrogens is 492 g/mol. The number of ether oxygens (including phenoxy) is 8. The third kappa shape index (κ3) is 33.0. The average molecular weight is 549 g/mol. The molecule has 0 unspecified atom stereocenters. The molecule has 0 amide bonds. The van der Waals surface area contributed by atoms with Crippen molar-refractivity contribution in [2.75, 3.05) is 92.5 Å². The summed E-state index contributed by atoms with van der Waals surface area (Å²) in [5.74, 6) is -0.377. The van der Waals surface area contributed by atoms with E-state index in [0.717, 1.165) is 19.4 Å². The van der Waals surface area contributed by atoms with E-state index in [-0.39, 0.29) is 12.6 Å². The van der Waals surface area contributed by atoms with E-state index in [9.17, 15) is 4.79 Å². The van der Waals surface area contributed by atoms with E-state index in [1.807, 2.05) is 26.8 Å². The molecule has 0 radical (unpaired) electrons. The summed E-state index contributed by atoms with van der Waals surface area (Å²) < 4.78 is 43.2. The summed E-state index contributed by atoms with van der Waals surface area (Å²) in [5, 5.41) is 0. The van der Waals surface area contributed by atoms with E-state index in [1.165, 1.54) is 38.5 Å². The van der Waals surface area contributed by atoms with E-state index < -0.39 is 5.60 Å². The zero-order valence-corrected chi connectivity index (χ0v) is 24.5. The maximum Gasteiger partial charge on any atom is 0.332 e. The fourth-order valence-corrected chi connectivity index (χ4v) is 3.22. The highest BCUT2D eigenvalue weighted by Crippen LogP contribution is 2.09. The van der Waals surface area contributed by atoms with Gasteiger partial charge in [-0.25, -0.2) is 4.79 Å². The lowest BCUT2D eigenvalue weighted by atomic mass is 10.1. The van der Waals surface area contributed by atoms with Gasteiger partial charge in [-0.05, 0) is 40.0 Å². The molecule has 226 valence electrons. The van der Waals surface area contributed by atoms with Crippen LogP contribution in [0.2, 0.25) is 0 Å². The number of unbranched alkanes of at least 4 members (excludes halogenated alkanes) is 7. The van der Waals surface area contributed by atoms with Crippen LogP contribution in [0, 0.1) is 0 Å². The molecule has 0 heterocycles. The molecule has 0 aromatic rings. The molecule has 0 spiro atoms. The summed E-state index contributed by atoms with van der Waals surface area (Å²) >= 11 is 0. The molecule has 0 bridgehead atoms. The van der Waals surface area contributed by atoms with Crippen LogP contribution in [0.25, 0.3) is 0 Å². The van der Waals surface area contributed by atoms with E-state index in [2.05, 4.69) is 6.58 Å². The van der Waals surface area contributed by atoms with Gasteiger partial charge < -0.3 is 37.9 Å². The topological polar surface area (TPSA) is 90.9 Å². The van der Waals surface area contributed by atoms with Crippen LogP contribution in [0.5, 0.6) is 0 Å². The molecule has 0 aromatic carbocycles. The van der Waals surface area contributed by atoms with Gasteiger partial charge in [-0.15, -0.1) is 6.58 Å². The minimum atomic E-state index is -0.500. The van der Waals surface area contributed by atoms with Crippen molar-refractivity contribution in [1.29, 1.82) is 0 Å². The van der Waals surface area contributed by atoms with Crippen molar-refractivity contribution in [3.05, 3.63) is 12.7 Å². The fourth-order valence-electron chi connectivity index (χ4n) is 3.22. The first kappa shape index (κ1) is 36.9. The molecule has 0 aliphatic heterocycles. The predicted molar refractivity (Wildman–Crippen MR) is 149 cm³/mol. The van der Waals surface area contributed by atoms with Gasteiger partial charge in [-0.1, -0.05) is 38.2 Å². The van der Waals surface area contributed by atoms with Crippen LogP contribution in [0.4, 0.5) is 0 Å². The molecule has 38 heavy (non-hydrogen) atoms. The number of rotatable bonds is 30. The summed E-state index contributed by atoms with van der Waals surface area (Å²) in [7, 11) is 0. The highest BCUT2D eigenvalue weighted by Gasteiger charge is 2.15. The summed E-state index contributed by atoms with van der Waals surface area (Å²) in [6.45, 7) is 16.0. The van der Waals surface area contributed by atoms with E-state index >= 15 is 0 Å². The van der Waals surface area contributed by atoms with Crippen molar-refractivity contribution >= 4 is 5.97 Å². The largest absolute Gasteiger partial charge is 0.458 e. The summed E-state index contributed by atoms with van der Waals surface area (Å²) in [4.78, 5) is 11.5. The lowest BCUT2D eigenvalue weighted by Crippen LogP contribution is -2.27. The molecule has 0 fully saturated rings. The van der Waals surface area contributed by atoms with Gasteiger partial charge in [0.05, 0.1) is 79.3 Å². The molecule has 0 rings (SSSR count). The normalized spacial score (nSPS) is 11.7. The quantitative estimate of drug-likeness (QED) is 0.0716. The number of allylic oxidation sites excluding steroid dienone is 1. The van der Waals surface area contributed by atoms with Gasteiger partial charge >= 0.3 is 5.97 Å². The highest BCUT2D eigenvalue weighted by atomic mass is 16.6. The fraction of sp³-hybridized carbons (Fsp3) is 0.897. The Labute approximate surface area is 231 Å². The van der Waals surface area contributed by atoms with Crippen molar-refractivity contribution in [3.8, 4) is 0 Å². The van der Waals surface area contributed by atoms with E-state index in [4.69, 9.17) is 37.9 Å². The number of carbonyl (C=O) groups excluding carboxylic acids is 1. The van der Waals surface area contributed by atoms with Gasteiger partial charge in [-0.2, -0.15) is 0 Å². The van der Waals surface area contributed by atoms with Crippen LogP contribution < -0.4 is 0 Å². The summed E-state index contributed by atoms with van der Waals surface area (Å²) in [5.41, 5.74) is -0.500. The van der Waals surface area contributed by atoms with Crippen molar-refractivity contribution in [2.24, 2.45) is 0 Å². The minimum Gasteiger partial charge on any atom is -0.458 e. The van der Waals surface area contributed by atoms with Crippen LogP contribution >= 0.6 is 0 Å². The highest BCUT2D eigenvalue weighted by molar-refractivity contribution is 5.71. The van der Waals surface area contributed by atoms with Gasteiger partial charge in [0.25, 0.3) is 0 Å². The Morgan fingerprint density at radius 2 is 0.868 bits per heavy atom. The summed E-state index contributed by atoms with van der Waals surface area (Å²) in [6.07, 6.45) is 12.1. The Bertz CT molecular complexity index is 509. The van der Waals surface area contributed by atoms with E-state index in [1.54, 1.807) is 0 Å². The smallest absolute Gasteiger partial charge is 0.332 e. The second kappa shape index (κ2) is 28.9. The zero-order chi connectivity index (χ0) is 28.0. The van der Waals surface area contributed by atoms with Gasteiger partial charge in [0.15, 0.2) is 0 Å². The van der Waals surface area contributed by atoms with Crippen molar-refractivity contribution < 1.29 is 42.7 Å². The van der Waals surface area contributed by atoms with Crippen molar-refractivity contribution in [2.45, 2.75) is 77.7 Å². The van der Waals surface area contributed by atoms with Crippen LogP contribution in [-0.2, 0) is 42.7 Å². The SMILES string of the molecule is C=CCCCCCCCCCOCCOCCOCCOCCOCCOCCOCC(=O)OC(C)(C)C. The predicted octanol–water partition coefficient (Wildman–Crippen LogP) is 4.75. The molecule has 0 aliphatic rings. The lowest BCUT2D eigenvalue weighted by Gasteiger charge is -2.19. The van der Waals surface area contributed by atoms with Crippen molar-refractivity contribution in [1.82, 2.24) is 0 Å². The first-order valence-corrected chi connectivity index (χ1v) is 14.3. The number of esters is 1. The Morgan fingerprint density at radius 3 is 1.26 bits per heavy atom. The van der Waals surface area contributed by atoms with Crippen LogP contribution in [-0.4, -0.2) is 104 Å².